The van der Waals surface area contributed by atoms with E-state index in [0.717, 1.165) is 27.2 Å². The van der Waals surface area contributed by atoms with Gasteiger partial charge in [-0.15, -0.1) is 0 Å². The molecule has 7 heteroatoms. The molecule has 0 aliphatic carbocycles. The summed E-state index contributed by atoms with van der Waals surface area (Å²) in [6, 6.07) is 5.67. The van der Waals surface area contributed by atoms with Crippen molar-refractivity contribution in [1.29, 1.82) is 0 Å². The van der Waals surface area contributed by atoms with Crippen LogP contribution < -0.4 is 10.1 Å². The zero-order valence-corrected chi connectivity index (χ0v) is 14.1. The molecule has 1 aromatic carbocycles. The number of carbonyl (C=O) groups is 1. The van der Waals surface area contributed by atoms with E-state index >= 15 is 0 Å². The number of methoxy groups -OCH3 is 1. The van der Waals surface area contributed by atoms with E-state index in [1.165, 1.54) is 11.3 Å². The Morgan fingerprint density at radius 2 is 2.26 bits per heavy atom. The van der Waals surface area contributed by atoms with Crippen molar-refractivity contribution in [2.45, 2.75) is 19.8 Å². The van der Waals surface area contributed by atoms with E-state index in [9.17, 15) is 4.79 Å². The van der Waals surface area contributed by atoms with Gasteiger partial charge in [0.05, 0.1) is 23.0 Å². The molecule has 0 unspecified atom stereocenters. The molecule has 0 saturated heterocycles. The molecule has 0 fully saturated rings. The third-order valence-electron chi connectivity index (χ3n) is 3.58. The van der Waals surface area contributed by atoms with Crippen LogP contribution in [0.15, 0.2) is 24.4 Å². The van der Waals surface area contributed by atoms with Crippen molar-refractivity contribution in [1.82, 2.24) is 14.8 Å². The Morgan fingerprint density at radius 1 is 1.43 bits per heavy atom. The Kier molecular flexibility index (Phi) is 4.29. The molecular formula is C16H18N4O2S. The number of nitrogens with one attached hydrogen (secondary N) is 1. The second-order valence-electron chi connectivity index (χ2n) is 5.31. The first-order valence-electron chi connectivity index (χ1n) is 7.28. The number of fused-ring (bicyclic) bond motifs is 1. The normalized spacial score (nSPS) is 10.9. The van der Waals surface area contributed by atoms with Crippen molar-refractivity contribution in [3.63, 3.8) is 0 Å². The van der Waals surface area contributed by atoms with Crippen molar-refractivity contribution < 1.29 is 9.53 Å². The summed E-state index contributed by atoms with van der Waals surface area (Å²) >= 11 is 1.44. The SMILES string of the molecule is COc1ccc2nc(NC(=O)CCc3cn(C)nc3C)sc2c1. The standard InChI is InChI=1S/C16H18N4O2S/c1-10-11(9-20(2)19-10)4-7-15(21)18-16-17-13-6-5-12(22-3)8-14(13)23-16/h5-6,8-9H,4,7H2,1-3H3,(H,17,18,21). The number of anilines is 1. The third kappa shape index (κ3) is 3.50. The van der Waals surface area contributed by atoms with Crippen LogP contribution in [-0.2, 0) is 18.3 Å². The summed E-state index contributed by atoms with van der Waals surface area (Å²) in [6.07, 6.45) is 3.03. The number of hydrogen-bond donors (Lipinski definition) is 1. The van der Waals surface area contributed by atoms with Gasteiger partial charge in [0.2, 0.25) is 5.91 Å². The van der Waals surface area contributed by atoms with Gasteiger partial charge in [-0.05, 0) is 37.1 Å². The number of amides is 1. The highest BCUT2D eigenvalue weighted by Gasteiger charge is 2.10. The number of benzene rings is 1. The molecule has 0 bridgehead atoms. The fourth-order valence-electron chi connectivity index (χ4n) is 2.41. The lowest BCUT2D eigenvalue weighted by atomic mass is 10.1. The molecule has 0 aliphatic heterocycles. The van der Waals surface area contributed by atoms with Crippen molar-refractivity contribution in [2.24, 2.45) is 7.05 Å². The van der Waals surface area contributed by atoms with Crippen LogP contribution in [0.4, 0.5) is 5.13 Å². The maximum absolute atomic E-state index is 12.1. The van der Waals surface area contributed by atoms with Gasteiger partial charge >= 0.3 is 0 Å². The summed E-state index contributed by atoms with van der Waals surface area (Å²) in [5.41, 5.74) is 2.92. The Labute approximate surface area is 138 Å². The molecule has 0 saturated carbocycles. The Balaban J connectivity index is 1.64. The summed E-state index contributed by atoms with van der Waals surface area (Å²) in [5, 5.41) is 7.76. The van der Waals surface area contributed by atoms with E-state index in [2.05, 4.69) is 15.4 Å². The van der Waals surface area contributed by atoms with Crippen LogP contribution >= 0.6 is 11.3 Å². The van der Waals surface area contributed by atoms with E-state index in [1.807, 2.05) is 38.4 Å². The first kappa shape index (κ1) is 15.5. The fourth-order valence-corrected chi connectivity index (χ4v) is 3.32. The fraction of sp³-hybridized carbons (Fsp3) is 0.312. The highest BCUT2D eigenvalue weighted by molar-refractivity contribution is 7.22. The molecule has 23 heavy (non-hydrogen) atoms. The number of carbonyl (C=O) groups excluding carboxylic acids is 1. The molecule has 0 spiro atoms. The average Bonchev–Trinajstić information content (AvgIpc) is 3.06. The van der Waals surface area contributed by atoms with E-state index in [1.54, 1.807) is 11.8 Å². The zero-order valence-electron chi connectivity index (χ0n) is 13.3. The van der Waals surface area contributed by atoms with Gasteiger partial charge < -0.3 is 10.1 Å². The summed E-state index contributed by atoms with van der Waals surface area (Å²) < 4.78 is 7.95. The highest BCUT2D eigenvalue weighted by atomic mass is 32.1. The van der Waals surface area contributed by atoms with Crippen LogP contribution in [-0.4, -0.2) is 27.8 Å². The van der Waals surface area contributed by atoms with Gasteiger partial charge in [-0.1, -0.05) is 11.3 Å². The van der Waals surface area contributed by atoms with Gasteiger partial charge in [-0.2, -0.15) is 5.10 Å². The third-order valence-corrected chi connectivity index (χ3v) is 4.51. The van der Waals surface area contributed by atoms with Crippen LogP contribution in [0.5, 0.6) is 5.75 Å². The van der Waals surface area contributed by atoms with Crippen LogP contribution in [0, 0.1) is 6.92 Å². The van der Waals surface area contributed by atoms with Gasteiger partial charge in [0, 0.05) is 19.7 Å². The largest absolute Gasteiger partial charge is 0.497 e. The minimum Gasteiger partial charge on any atom is -0.497 e. The Bertz CT molecular complexity index is 853. The second kappa shape index (κ2) is 6.37. The summed E-state index contributed by atoms with van der Waals surface area (Å²) in [4.78, 5) is 16.5. The van der Waals surface area contributed by atoms with Crippen LogP contribution in [0.3, 0.4) is 0 Å². The minimum absolute atomic E-state index is 0.0423. The maximum Gasteiger partial charge on any atom is 0.226 e. The monoisotopic (exact) mass is 330 g/mol. The summed E-state index contributed by atoms with van der Waals surface area (Å²) in [5.74, 6) is 0.741. The molecule has 120 valence electrons. The molecule has 6 nitrogen and oxygen atoms in total. The number of aromatic nitrogens is 3. The van der Waals surface area contributed by atoms with Gasteiger partial charge in [0.15, 0.2) is 5.13 Å². The summed E-state index contributed by atoms with van der Waals surface area (Å²) in [7, 11) is 3.51. The number of rotatable bonds is 5. The van der Waals surface area contributed by atoms with E-state index in [4.69, 9.17) is 4.74 Å². The summed E-state index contributed by atoms with van der Waals surface area (Å²) in [6.45, 7) is 1.95. The molecule has 1 N–H and O–H groups in total. The lowest BCUT2D eigenvalue weighted by molar-refractivity contribution is -0.116. The predicted octanol–water partition coefficient (Wildman–Crippen LogP) is 2.92. The molecule has 0 atom stereocenters. The Hall–Kier alpha value is -2.41. The Morgan fingerprint density at radius 3 is 2.96 bits per heavy atom. The van der Waals surface area contributed by atoms with Crippen LogP contribution in [0.2, 0.25) is 0 Å². The molecule has 3 rings (SSSR count). The molecule has 0 radical (unpaired) electrons. The number of aryl methyl sites for hydroxylation is 3. The topological polar surface area (TPSA) is 69.0 Å². The van der Waals surface area contributed by atoms with Gasteiger partial charge in [0.25, 0.3) is 0 Å². The van der Waals surface area contributed by atoms with Crippen molar-refractivity contribution in [3.8, 4) is 5.75 Å². The number of ether oxygens (including phenoxy) is 1. The van der Waals surface area contributed by atoms with Gasteiger partial charge in [0.1, 0.15) is 5.75 Å². The highest BCUT2D eigenvalue weighted by Crippen LogP contribution is 2.29. The van der Waals surface area contributed by atoms with E-state index < -0.39 is 0 Å². The number of hydrogen-bond acceptors (Lipinski definition) is 5. The molecule has 3 aromatic rings. The molecular weight excluding hydrogens is 312 g/mol. The average molecular weight is 330 g/mol. The van der Waals surface area contributed by atoms with Gasteiger partial charge in [-0.3, -0.25) is 9.48 Å². The lowest BCUT2D eigenvalue weighted by Crippen LogP contribution is -2.12. The lowest BCUT2D eigenvalue weighted by Gasteiger charge is -2.00. The quantitative estimate of drug-likeness (QED) is 0.781. The van der Waals surface area contributed by atoms with Gasteiger partial charge in [-0.25, -0.2) is 4.98 Å². The maximum atomic E-state index is 12.1. The van der Waals surface area contributed by atoms with Crippen molar-refractivity contribution in [3.05, 3.63) is 35.7 Å². The number of thiazole rings is 1. The first-order chi connectivity index (χ1) is 11.0. The second-order valence-corrected chi connectivity index (χ2v) is 6.34. The van der Waals surface area contributed by atoms with Crippen LogP contribution in [0.1, 0.15) is 17.7 Å². The molecule has 1 amide bonds. The van der Waals surface area contributed by atoms with E-state index in [-0.39, 0.29) is 5.91 Å². The first-order valence-corrected chi connectivity index (χ1v) is 8.10. The molecule has 2 aromatic heterocycles. The smallest absolute Gasteiger partial charge is 0.226 e. The van der Waals surface area contributed by atoms with E-state index in [0.29, 0.717) is 18.0 Å². The van der Waals surface area contributed by atoms with Crippen molar-refractivity contribution >= 4 is 32.6 Å². The zero-order chi connectivity index (χ0) is 16.4. The molecule has 2 heterocycles. The molecule has 0 aliphatic rings. The van der Waals surface area contributed by atoms with Crippen molar-refractivity contribution in [2.75, 3.05) is 12.4 Å². The predicted molar refractivity (Wildman–Crippen MR) is 91.1 cm³/mol. The number of nitrogens with zero attached hydrogens (tertiary/aromatic N) is 3. The minimum atomic E-state index is -0.0423. The van der Waals surface area contributed by atoms with Crippen LogP contribution in [0.25, 0.3) is 10.2 Å².